The third kappa shape index (κ3) is 2.06. The molecule has 15 heavy (non-hydrogen) atoms. The predicted molar refractivity (Wildman–Crippen MR) is 59.1 cm³/mol. The number of rotatable bonds is 2. The van der Waals surface area contributed by atoms with E-state index in [9.17, 15) is 4.79 Å². The molecule has 3 N–H and O–H groups in total. The van der Waals surface area contributed by atoms with Crippen LogP contribution in [0.5, 0.6) is 5.75 Å². The Morgan fingerprint density at radius 3 is 2.60 bits per heavy atom. The molecular weight excluding hydrogens is 216 g/mol. The van der Waals surface area contributed by atoms with Crippen LogP contribution in [0.25, 0.3) is 0 Å². The van der Waals surface area contributed by atoms with Crippen LogP contribution in [0, 0.1) is 13.8 Å². The van der Waals surface area contributed by atoms with Gasteiger partial charge in [0.25, 0.3) is 5.91 Å². The van der Waals surface area contributed by atoms with Crippen molar-refractivity contribution in [1.29, 1.82) is 0 Å². The smallest absolute Gasteiger partial charge is 0.269 e. The Hall–Kier alpha value is -1.26. The Morgan fingerprint density at radius 2 is 2.13 bits per heavy atom. The number of carbonyl (C=O) groups excluding carboxylic acids is 1. The molecule has 82 valence electrons. The summed E-state index contributed by atoms with van der Waals surface area (Å²) in [7, 11) is 1.50. The number of ether oxygens (including phenoxy) is 1. The fraction of sp³-hybridized carbons (Fsp3) is 0.300. The van der Waals surface area contributed by atoms with Crippen molar-refractivity contribution in [3.05, 3.63) is 27.8 Å². The van der Waals surface area contributed by atoms with Crippen molar-refractivity contribution in [2.75, 3.05) is 7.11 Å². The van der Waals surface area contributed by atoms with Gasteiger partial charge in [0.1, 0.15) is 5.75 Å². The van der Waals surface area contributed by atoms with Crippen LogP contribution in [0.2, 0.25) is 5.02 Å². The van der Waals surface area contributed by atoms with Gasteiger partial charge in [-0.25, -0.2) is 5.84 Å². The molecule has 0 saturated carbocycles. The molecule has 0 bridgehead atoms. The molecule has 0 heterocycles. The highest BCUT2D eigenvalue weighted by Gasteiger charge is 2.18. The standard InChI is InChI=1S/C10H13ClN2O2/c1-5-4-7(15-3)8(10(14)13-12)6(2)9(5)11/h4H,12H2,1-3H3,(H,13,14). The number of hydrazine groups is 1. The van der Waals surface area contributed by atoms with Gasteiger partial charge in [0.15, 0.2) is 0 Å². The summed E-state index contributed by atoms with van der Waals surface area (Å²) in [6.07, 6.45) is 0. The van der Waals surface area contributed by atoms with E-state index in [0.29, 0.717) is 21.9 Å². The number of halogens is 1. The van der Waals surface area contributed by atoms with E-state index in [2.05, 4.69) is 5.43 Å². The molecule has 0 radical (unpaired) electrons. The van der Waals surface area contributed by atoms with Gasteiger partial charge in [-0.2, -0.15) is 0 Å². The van der Waals surface area contributed by atoms with Crippen LogP contribution in [-0.2, 0) is 0 Å². The summed E-state index contributed by atoms with van der Waals surface area (Å²) in [5.74, 6) is 5.15. The molecule has 4 nitrogen and oxygen atoms in total. The quantitative estimate of drug-likeness (QED) is 0.459. The van der Waals surface area contributed by atoms with Gasteiger partial charge in [-0.15, -0.1) is 0 Å². The maximum absolute atomic E-state index is 11.5. The lowest BCUT2D eigenvalue weighted by molar-refractivity contribution is 0.0950. The van der Waals surface area contributed by atoms with Crippen molar-refractivity contribution < 1.29 is 9.53 Å². The normalized spacial score (nSPS) is 9.93. The summed E-state index contributed by atoms with van der Waals surface area (Å²) in [6.45, 7) is 3.60. The second kappa shape index (κ2) is 4.51. The average Bonchev–Trinajstić information content (AvgIpc) is 2.24. The zero-order valence-corrected chi connectivity index (χ0v) is 9.61. The first-order chi connectivity index (χ1) is 7.02. The zero-order chi connectivity index (χ0) is 11.6. The molecule has 0 aliphatic rings. The van der Waals surface area contributed by atoms with Crippen LogP contribution in [0.4, 0.5) is 0 Å². The Balaban J connectivity index is 3.47. The molecule has 0 unspecified atom stereocenters. The molecule has 0 atom stereocenters. The molecule has 5 heteroatoms. The predicted octanol–water partition coefficient (Wildman–Crippen LogP) is 1.57. The van der Waals surface area contributed by atoms with E-state index in [1.54, 1.807) is 13.0 Å². The molecule has 1 aromatic carbocycles. The van der Waals surface area contributed by atoms with Crippen LogP contribution in [0.3, 0.4) is 0 Å². The van der Waals surface area contributed by atoms with Crippen LogP contribution in [0.15, 0.2) is 6.07 Å². The molecule has 1 rings (SSSR count). The molecule has 0 aliphatic heterocycles. The summed E-state index contributed by atoms with van der Waals surface area (Å²) in [6, 6.07) is 1.71. The summed E-state index contributed by atoms with van der Waals surface area (Å²) >= 11 is 6.04. The Kier molecular flexibility index (Phi) is 3.55. The monoisotopic (exact) mass is 228 g/mol. The fourth-order valence-corrected chi connectivity index (χ4v) is 1.59. The Labute approximate surface area is 93.3 Å². The highest BCUT2D eigenvalue weighted by molar-refractivity contribution is 6.32. The van der Waals surface area contributed by atoms with E-state index in [1.165, 1.54) is 7.11 Å². The highest BCUT2D eigenvalue weighted by atomic mass is 35.5. The molecule has 0 aromatic heterocycles. The first-order valence-electron chi connectivity index (χ1n) is 4.37. The van der Waals surface area contributed by atoms with Gasteiger partial charge in [0.05, 0.1) is 12.7 Å². The lowest BCUT2D eigenvalue weighted by Crippen LogP contribution is -2.31. The van der Waals surface area contributed by atoms with Crippen molar-refractivity contribution in [1.82, 2.24) is 5.43 Å². The molecular formula is C10H13ClN2O2. The van der Waals surface area contributed by atoms with Crippen molar-refractivity contribution >= 4 is 17.5 Å². The highest BCUT2D eigenvalue weighted by Crippen LogP contribution is 2.31. The minimum absolute atomic E-state index is 0.371. The van der Waals surface area contributed by atoms with Gasteiger partial charge in [-0.05, 0) is 31.0 Å². The second-order valence-electron chi connectivity index (χ2n) is 3.18. The lowest BCUT2D eigenvalue weighted by atomic mass is 10.0. The summed E-state index contributed by atoms with van der Waals surface area (Å²) in [4.78, 5) is 11.5. The van der Waals surface area contributed by atoms with Gasteiger partial charge < -0.3 is 4.74 Å². The van der Waals surface area contributed by atoms with E-state index in [0.717, 1.165) is 5.56 Å². The summed E-state index contributed by atoms with van der Waals surface area (Å²) in [5, 5.41) is 0.550. The number of methoxy groups -OCH3 is 1. The molecule has 1 amide bonds. The minimum Gasteiger partial charge on any atom is -0.496 e. The van der Waals surface area contributed by atoms with Crippen molar-refractivity contribution in [2.45, 2.75) is 13.8 Å². The van der Waals surface area contributed by atoms with Gasteiger partial charge >= 0.3 is 0 Å². The maximum Gasteiger partial charge on any atom is 0.269 e. The van der Waals surface area contributed by atoms with Crippen molar-refractivity contribution in [3.63, 3.8) is 0 Å². The van der Waals surface area contributed by atoms with Crippen molar-refractivity contribution in [3.8, 4) is 5.75 Å². The van der Waals surface area contributed by atoms with E-state index in [1.807, 2.05) is 6.92 Å². The summed E-state index contributed by atoms with van der Waals surface area (Å²) in [5.41, 5.74) is 3.96. The van der Waals surface area contributed by atoms with Gasteiger partial charge in [-0.1, -0.05) is 11.6 Å². The Bertz CT molecular complexity index is 405. The number of hydrogen-bond donors (Lipinski definition) is 2. The fourth-order valence-electron chi connectivity index (χ4n) is 1.44. The van der Waals surface area contributed by atoms with Crippen LogP contribution in [-0.4, -0.2) is 13.0 Å². The van der Waals surface area contributed by atoms with Crippen molar-refractivity contribution in [2.24, 2.45) is 5.84 Å². The SMILES string of the molecule is COc1cc(C)c(Cl)c(C)c1C(=O)NN. The molecule has 0 aliphatic carbocycles. The molecule has 1 aromatic rings. The van der Waals surface area contributed by atoms with E-state index < -0.39 is 5.91 Å². The number of nitrogens with two attached hydrogens (primary N) is 1. The second-order valence-corrected chi connectivity index (χ2v) is 3.56. The molecule has 0 saturated heterocycles. The minimum atomic E-state index is -0.411. The number of nitrogens with one attached hydrogen (secondary N) is 1. The topological polar surface area (TPSA) is 64.3 Å². The maximum atomic E-state index is 11.5. The van der Waals surface area contributed by atoms with Gasteiger partial charge in [0.2, 0.25) is 0 Å². The largest absolute Gasteiger partial charge is 0.496 e. The number of carbonyl (C=O) groups is 1. The lowest BCUT2D eigenvalue weighted by Gasteiger charge is -2.13. The number of amides is 1. The number of nitrogen functional groups attached to an aromatic ring is 1. The molecule has 0 fully saturated rings. The van der Waals surface area contributed by atoms with Gasteiger partial charge in [-0.3, -0.25) is 10.2 Å². The van der Waals surface area contributed by atoms with Crippen LogP contribution >= 0.6 is 11.6 Å². The number of benzene rings is 1. The average molecular weight is 229 g/mol. The first-order valence-corrected chi connectivity index (χ1v) is 4.75. The van der Waals surface area contributed by atoms with Crippen LogP contribution < -0.4 is 16.0 Å². The number of aryl methyl sites for hydroxylation is 1. The molecule has 0 spiro atoms. The number of hydrogen-bond acceptors (Lipinski definition) is 3. The van der Waals surface area contributed by atoms with Gasteiger partial charge in [0, 0.05) is 5.02 Å². The Morgan fingerprint density at radius 1 is 1.53 bits per heavy atom. The van der Waals surface area contributed by atoms with Crippen LogP contribution in [0.1, 0.15) is 21.5 Å². The summed E-state index contributed by atoms with van der Waals surface area (Å²) < 4.78 is 5.11. The van der Waals surface area contributed by atoms with E-state index >= 15 is 0 Å². The first kappa shape index (κ1) is 11.8. The third-order valence-electron chi connectivity index (χ3n) is 2.22. The third-order valence-corrected chi connectivity index (χ3v) is 2.80. The zero-order valence-electron chi connectivity index (χ0n) is 8.85. The van der Waals surface area contributed by atoms with E-state index in [-0.39, 0.29) is 0 Å². The van der Waals surface area contributed by atoms with E-state index in [4.69, 9.17) is 22.2 Å².